The zero-order valence-corrected chi connectivity index (χ0v) is 8.84. The molecule has 0 saturated heterocycles. The molecule has 1 heterocycles. The number of benzene rings is 1. The number of aryl methyl sites for hydroxylation is 1. The number of rotatable bonds is 4. The first kappa shape index (κ1) is 9.47. The zero-order valence-electron chi connectivity index (χ0n) is 8.02. The minimum absolute atomic E-state index is 1.13. The fraction of sp³-hybridized carbons (Fsp3) is 0.154. The lowest BCUT2D eigenvalue weighted by atomic mass is 10.1. The lowest BCUT2D eigenvalue weighted by Crippen LogP contribution is -1.85. The molecule has 0 aliphatic carbocycles. The SMILES string of the molecule is [CH](CCc1ccccc1)c1cccs1. The minimum atomic E-state index is 1.13. The van der Waals surface area contributed by atoms with Crippen molar-refractivity contribution in [1.29, 1.82) is 0 Å². The maximum absolute atomic E-state index is 2.30. The molecular formula is C13H13S. The standard InChI is InChI=1S/C13H13S/c1-2-6-12(7-3-1)8-4-9-13-10-5-11-14-13/h1-3,5-7,9-11H,4,8H2. The molecule has 1 aromatic heterocycles. The van der Waals surface area contributed by atoms with Crippen molar-refractivity contribution >= 4 is 11.3 Å². The van der Waals surface area contributed by atoms with Crippen LogP contribution in [0.2, 0.25) is 0 Å². The van der Waals surface area contributed by atoms with Crippen LogP contribution in [0.15, 0.2) is 47.8 Å². The first-order valence-corrected chi connectivity index (χ1v) is 5.74. The molecule has 0 spiro atoms. The molecule has 0 atom stereocenters. The molecule has 14 heavy (non-hydrogen) atoms. The summed E-state index contributed by atoms with van der Waals surface area (Å²) in [4.78, 5) is 1.38. The molecule has 1 aromatic carbocycles. The summed E-state index contributed by atoms with van der Waals surface area (Å²) in [6, 6.07) is 14.9. The van der Waals surface area contributed by atoms with Gasteiger partial charge >= 0.3 is 0 Å². The Hall–Kier alpha value is -1.08. The maximum atomic E-state index is 2.30. The number of hydrogen-bond acceptors (Lipinski definition) is 1. The van der Waals surface area contributed by atoms with Gasteiger partial charge in [0, 0.05) is 11.3 Å². The average Bonchev–Trinajstić information content (AvgIpc) is 2.72. The van der Waals surface area contributed by atoms with Gasteiger partial charge in [-0.25, -0.2) is 0 Å². The Morgan fingerprint density at radius 3 is 2.57 bits per heavy atom. The molecule has 0 bridgehead atoms. The van der Waals surface area contributed by atoms with Crippen LogP contribution in [0.5, 0.6) is 0 Å². The van der Waals surface area contributed by atoms with Crippen molar-refractivity contribution in [3.63, 3.8) is 0 Å². The van der Waals surface area contributed by atoms with E-state index in [0.717, 1.165) is 12.8 Å². The highest BCUT2D eigenvalue weighted by Crippen LogP contribution is 2.14. The number of thiophene rings is 1. The van der Waals surface area contributed by atoms with E-state index in [1.54, 1.807) is 11.3 Å². The molecule has 0 aliphatic heterocycles. The van der Waals surface area contributed by atoms with Gasteiger partial charge in [-0.2, -0.15) is 0 Å². The Balaban J connectivity index is 1.79. The van der Waals surface area contributed by atoms with Gasteiger partial charge in [-0.1, -0.05) is 36.4 Å². The smallest absolute Gasteiger partial charge is 0.00826 e. The van der Waals surface area contributed by atoms with Crippen LogP contribution >= 0.6 is 11.3 Å². The minimum Gasteiger partial charge on any atom is -0.149 e. The van der Waals surface area contributed by atoms with Crippen molar-refractivity contribution in [3.8, 4) is 0 Å². The molecule has 1 heteroatoms. The summed E-state index contributed by atoms with van der Waals surface area (Å²) in [5.41, 5.74) is 1.42. The van der Waals surface area contributed by atoms with E-state index in [1.165, 1.54) is 10.4 Å². The van der Waals surface area contributed by atoms with Gasteiger partial charge in [0.15, 0.2) is 0 Å². The lowest BCUT2D eigenvalue weighted by Gasteiger charge is -1.99. The highest BCUT2D eigenvalue weighted by molar-refractivity contribution is 7.10. The Morgan fingerprint density at radius 2 is 1.86 bits per heavy atom. The molecule has 0 nitrogen and oxygen atoms in total. The molecular weight excluding hydrogens is 188 g/mol. The second kappa shape index (κ2) is 4.97. The summed E-state index contributed by atoms with van der Waals surface area (Å²) in [6.07, 6.45) is 4.57. The van der Waals surface area contributed by atoms with Crippen LogP contribution in [-0.4, -0.2) is 0 Å². The number of hydrogen-bond donors (Lipinski definition) is 0. The summed E-state index contributed by atoms with van der Waals surface area (Å²) < 4.78 is 0. The Bertz CT molecular complexity index is 348. The highest BCUT2D eigenvalue weighted by Gasteiger charge is 1.95. The lowest BCUT2D eigenvalue weighted by molar-refractivity contribution is 0.957. The van der Waals surface area contributed by atoms with Crippen LogP contribution in [0, 0.1) is 6.42 Å². The van der Waals surface area contributed by atoms with Gasteiger partial charge in [-0.15, -0.1) is 11.3 Å². The third-order valence-electron chi connectivity index (χ3n) is 2.16. The van der Waals surface area contributed by atoms with E-state index in [0.29, 0.717) is 0 Å². The topological polar surface area (TPSA) is 0 Å². The van der Waals surface area contributed by atoms with E-state index in [-0.39, 0.29) is 0 Å². The van der Waals surface area contributed by atoms with Crippen molar-refractivity contribution in [1.82, 2.24) is 0 Å². The highest BCUT2D eigenvalue weighted by atomic mass is 32.1. The van der Waals surface area contributed by atoms with E-state index in [2.05, 4.69) is 54.3 Å². The molecule has 0 unspecified atom stereocenters. The van der Waals surface area contributed by atoms with E-state index < -0.39 is 0 Å². The Kier molecular flexibility index (Phi) is 3.36. The van der Waals surface area contributed by atoms with Crippen LogP contribution in [0.4, 0.5) is 0 Å². The van der Waals surface area contributed by atoms with E-state index in [4.69, 9.17) is 0 Å². The summed E-state index contributed by atoms with van der Waals surface area (Å²) in [5.74, 6) is 0. The fourth-order valence-electron chi connectivity index (χ4n) is 1.43. The van der Waals surface area contributed by atoms with Gasteiger partial charge < -0.3 is 0 Å². The van der Waals surface area contributed by atoms with Crippen LogP contribution in [-0.2, 0) is 6.42 Å². The van der Waals surface area contributed by atoms with E-state index >= 15 is 0 Å². The van der Waals surface area contributed by atoms with Gasteiger partial charge in [-0.05, 0) is 29.9 Å². The zero-order chi connectivity index (χ0) is 9.64. The summed E-state index contributed by atoms with van der Waals surface area (Å²) >= 11 is 1.80. The van der Waals surface area contributed by atoms with Gasteiger partial charge in [0.05, 0.1) is 0 Å². The molecule has 0 saturated carbocycles. The van der Waals surface area contributed by atoms with Crippen molar-refractivity contribution < 1.29 is 0 Å². The molecule has 0 N–H and O–H groups in total. The van der Waals surface area contributed by atoms with Crippen LogP contribution in [0.1, 0.15) is 16.9 Å². The second-order valence-electron chi connectivity index (χ2n) is 3.24. The molecule has 71 valence electrons. The van der Waals surface area contributed by atoms with Crippen LogP contribution < -0.4 is 0 Å². The van der Waals surface area contributed by atoms with Crippen molar-refractivity contribution in [3.05, 3.63) is 64.7 Å². The van der Waals surface area contributed by atoms with E-state index in [9.17, 15) is 0 Å². The Labute approximate surface area is 89.2 Å². The van der Waals surface area contributed by atoms with Crippen molar-refractivity contribution in [2.45, 2.75) is 12.8 Å². The average molecular weight is 201 g/mol. The summed E-state index contributed by atoms with van der Waals surface area (Å²) in [7, 11) is 0. The Morgan fingerprint density at radius 1 is 1.00 bits per heavy atom. The van der Waals surface area contributed by atoms with Gasteiger partial charge in [-0.3, -0.25) is 0 Å². The van der Waals surface area contributed by atoms with Crippen LogP contribution in [0.3, 0.4) is 0 Å². The molecule has 1 radical (unpaired) electrons. The molecule has 0 aliphatic rings. The quantitative estimate of drug-likeness (QED) is 0.703. The van der Waals surface area contributed by atoms with Crippen molar-refractivity contribution in [2.24, 2.45) is 0 Å². The first-order chi connectivity index (χ1) is 6.95. The summed E-state index contributed by atoms with van der Waals surface area (Å²) in [6.45, 7) is 0. The third kappa shape index (κ3) is 2.71. The largest absolute Gasteiger partial charge is 0.149 e. The second-order valence-corrected chi connectivity index (χ2v) is 4.22. The van der Waals surface area contributed by atoms with E-state index in [1.807, 2.05) is 0 Å². The molecule has 2 rings (SSSR count). The normalized spacial score (nSPS) is 10.3. The third-order valence-corrected chi connectivity index (χ3v) is 3.03. The predicted octanol–water partition coefficient (Wildman–Crippen LogP) is 3.93. The maximum Gasteiger partial charge on any atom is 0.00826 e. The monoisotopic (exact) mass is 201 g/mol. The van der Waals surface area contributed by atoms with Gasteiger partial charge in [0.1, 0.15) is 0 Å². The van der Waals surface area contributed by atoms with Gasteiger partial charge in [0.2, 0.25) is 0 Å². The summed E-state index contributed by atoms with van der Waals surface area (Å²) in [5, 5.41) is 2.12. The molecule has 0 fully saturated rings. The predicted molar refractivity (Wildman–Crippen MR) is 62.5 cm³/mol. The van der Waals surface area contributed by atoms with Crippen molar-refractivity contribution in [2.75, 3.05) is 0 Å². The van der Waals surface area contributed by atoms with Gasteiger partial charge in [0.25, 0.3) is 0 Å². The first-order valence-electron chi connectivity index (χ1n) is 4.86. The molecule has 2 aromatic rings. The fourth-order valence-corrected chi connectivity index (χ4v) is 2.12. The van der Waals surface area contributed by atoms with Crippen LogP contribution in [0.25, 0.3) is 0 Å². The molecule has 0 amide bonds.